The molecule has 0 saturated heterocycles. The molecule has 2 amide bonds. The van der Waals surface area contributed by atoms with Gasteiger partial charge in [-0.25, -0.2) is 0 Å². The fourth-order valence-corrected chi connectivity index (χ4v) is 8.08. The Hall–Kier alpha value is -6.26. The molecule has 4 N–H and O–H groups in total. The first-order chi connectivity index (χ1) is 23.9. The first kappa shape index (κ1) is 28.9. The van der Waals surface area contributed by atoms with Gasteiger partial charge in [0.15, 0.2) is 0 Å². The summed E-state index contributed by atoms with van der Waals surface area (Å²) in [6.45, 7) is 0. The smallest absolute Gasteiger partial charge is 0.233 e. The Balaban J connectivity index is 1.48. The molecular weight excluding hydrogens is 601 g/mol. The highest BCUT2D eigenvalue weighted by Gasteiger charge is 2.47. The fraction of sp³-hybridized carbons (Fsp3) is 0.0667. The molecule has 0 spiro atoms. The van der Waals surface area contributed by atoms with Gasteiger partial charge in [0, 0.05) is 0 Å². The van der Waals surface area contributed by atoms with Crippen LogP contribution in [0.3, 0.4) is 0 Å². The molecule has 0 fully saturated rings. The van der Waals surface area contributed by atoms with Gasteiger partial charge in [-0.2, -0.15) is 0 Å². The van der Waals surface area contributed by atoms with Gasteiger partial charge in [-0.3, -0.25) is 9.59 Å². The summed E-state index contributed by atoms with van der Waals surface area (Å²) < 4.78 is 0. The monoisotopic (exact) mass is 632 g/mol. The second-order valence-corrected chi connectivity index (χ2v) is 13.3. The van der Waals surface area contributed by atoms with E-state index in [2.05, 4.69) is 109 Å². The molecule has 8 aromatic carbocycles. The van der Waals surface area contributed by atoms with Crippen molar-refractivity contribution in [3.8, 4) is 33.4 Å². The minimum atomic E-state index is -1.66. The maximum Gasteiger partial charge on any atom is 0.233 e. The van der Waals surface area contributed by atoms with Crippen LogP contribution in [0.5, 0.6) is 0 Å². The number of nitrogens with two attached hydrogens (primary N) is 2. The molecule has 4 nitrogen and oxygen atoms in total. The predicted octanol–water partition coefficient (Wildman–Crippen LogP) is 9.36. The Morgan fingerprint density at radius 2 is 0.796 bits per heavy atom. The van der Waals surface area contributed by atoms with Crippen LogP contribution in [0.15, 0.2) is 146 Å². The third-order valence-corrected chi connectivity index (χ3v) is 10.6. The number of carbonyl (C=O) groups excluding carboxylic acids is 2. The van der Waals surface area contributed by atoms with Crippen molar-refractivity contribution in [2.24, 2.45) is 16.9 Å². The van der Waals surface area contributed by atoms with Crippen molar-refractivity contribution in [2.45, 2.75) is 12.8 Å². The highest BCUT2D eigenvalue weighted by atomic mass is 16.2. The topological polar surface area (TPSA) is 86.2 Å². The van der Waals surface area contributed by atoms with Crippen LogP contribution in [0.25, 0.3) is 76.5 Å². The molecule has 49 heavy (non-hydrogen) atoms. The SMILES string of the molecule is NC(=O)C1(C(N)=O)Cc2c(-c3ccc4ccccc4c3)cc3ccccc3c2-c2c(c(-c3ccc4ccccc4c3)cc3ccccc23)C1. The van der Waals surface area contributed by atoms with Crippen molar-refractivity contribution in [3.05, 3.63) is 157 Å². The van der Waals surface area contributed by atoms with Crippen molar-refractivity contribution in [1.29, 1.82) is 0 Å². The molecule has 0 bridgehead atoms. The molecule has 0 heterocycles. The third kappa shape index (κ3) is 4.45. The summed E-state index contributed by atoms with van der Waals surface area (Å²) in [4.78, 5) is 27.6. The highest BCUT2D eigenvalue weighted by Crippen LogP contribution is 2.52. The Kier molecular flexibility index (Phi) is 6.43. The van der Waals surface area contributed by atoms with E-state index in [0.717, 1.165) is 87.6 Å². The fourth-order valence-electron chi connectivity index (χ4n) is 8.08. The van der Waals surface area contributed by atoms with Gasteiger partial charge in [0.2, 0.25) is 11.8 Å². The van der Waals surface area contributed by atoms with E-state index >= 15 is 0 Å². The highest BCUT2D eigenvalue weighted by molar-refractivity contribution is 6.15. The minimum Gasteiger partial charge on any atom is -0.369 e. The summed E-state index contributed by atoms with van der Waals surface area (Å²) in [5.41, 5.74) is 18.7. The number of hydrogen-bond donors (Lipinski definition) is 2. The van der Waals surface area contributed by atoms with Crippen molar-refractivity contribution in [3.63, 3.8) is 0 Å². The summed E-state index contributed by atoms with van der Waals surface area (Å²) >= 11 is 0. The van der Waals surface area contributed by atoms with E-state index in [4.69, 9.17) is 11.5 Å². The van der Waals surface area contributed by atoms with Crippen LogP contribution in [-0.4, -0.2) is 11.8 Å². The van der Waals surface area contributed by atoms with Crippen LogP contribution >= 0.6 is 0 Å². The number of carbonyl (C=O) groups is 2. The normalized spacial score (nSPS) is 13.6. The van der Waals surface area contributed by atoms with Crippen LogP contribution in [0, 0.1) is 5.41 Å². The third-order valence-electron chi connectivity index (χ3n) is 10.6. The molecule has 234 valence electrons. The summed E-state index contributed by atoms with van der Waals surface area (Å²) in [5, 5.41) is 8.73. The molecule has 8 aromatic rings. The molecule has 0 unspecified atom stereocenters. The van der Waals surface area contributed by atoms with Crippen LogP contribution in [0.1, 0.15) is 11.1 Å². The zero-order valence-electron chi connectivity index (χ0n) is 26.7. The standard InChI is InChI=1S/C45H32N2O2/c46-43(48)45(44(47)49)25-39-37(33-19-17-27-9-1-3-11-29(27)21-33)23-31-13-5-7-15-35(31)41(39)42-36-16-8-6-14-32(36)24-38(40(42)26-45)34-20-18-28-10-2-4-12-30(28)22-34/h1-24H,25-26H2,(H2,46,48)(H2,47,49). The molecule has 1 aliphatic carbocycles. The largest absolute Gasteiger partial charge is 0.369 e. The Labute approximate surface area is 283 Å². The van der Waals surface area contributed by atoms with Gasteiger partial charge in [-0.15, -0.1) is 0 Å². The molecular formula is C45H32N2O2. The second-order valence-electron chi connectivity index (χ2n) is 13.3. The maximum absolute atomic E-state index is 13.8. The first-order valence-corrected chi connectivity index (χ1v) is 16.6. The van der Waals surface area contributed by atoms with Gasteiger partial charge in [-0.1, -0.05) is 121 Å². The lowest BCUT2D eigenvalue weighted by molar-refractivity contribution is -0.139. The number of fused-ring (bicyclic) bond motifs is 9. The second kappa shape index (κ2) is 10.9. The van der Waals surface area contributed by atoms with Gasteiger partial charge < -0.3 is 11.5 Å². The average Bonchev–Trinajstić information content (AvgIpc) is 3.30. The van der Waals surface area contributed by atoms with Crippen molar-refractivity contribution in [2.75, 3.05) is 0 Å². The van der Waals surface area contributed by atoms with E-state index in [1.54, 1.807) is 0 Å². The zero-order valence-corrected chi connectivity index (χ0v) is 26.7. The quantitative estimate of drug-likeness (QED) is 0.190. The molecule has 0 atom stereocenters. The average molecular weight is 633 g/mol. The van der Waals surface area contributed by atoms with Gasteiger partial charge >= 0.3 is 0 Å². The van der Waals surface area contributed by atoms with Crippen LogP contribution < -0.4 is 11.5 Å². The van der Waals surface area contributed by atoms with Crippen molar-refractivity contribution in [1.82, 2.24) is 0 Å². The molecule has 0 aliphatic heterocycles. The van der Waals surface area contributed by atoms with E-state index in [-0.39, 0.29) is 12.8 Å². The summed E-state index contributed by atoms with van der Waals surface area (Å²) in [5.74, 6) is -1.43. The summed E-state index contributed by atoms with van der Waals surface area (Å²) in [6, 6.07) is 50.5. The molecule has 4 heteroatoms. The predicted molar refractivity (Wildman–Crippen MR) is 201 cm³/mol. The van der Waals surface area contributed by atoms with Crippen LogP contribution in [0.2, 0.25) is 0 Å². The number of primary amides is 2. The Bertz CT molecular complexity index is 2500. The molecule has 0 aromatic heterocycles. The zero-order chi connectivity index (χ0) is 33.3. The number of hydrogen-bond acceptors (Lipinski definition) is 2. The Morgan fingerprint density at radius 3 is 1.20 bits per heavy atom. The lowest BCUT2D eigenvalue weighted by Gasteiger charge is -2.28. The number of rotatable bonds is 4. The molecule has 0 radical (unpaired) electrons. The van der Waals surface area contributed by atoms with Crippen LogP contribution in [-0.2, 0) is 22.4 Å². The van der Waals surface area contributed by atoms with E-state index in [1.165, 1.54) is 0 Å². The van der Waals surface area contributed by atoms with E-state index < -0.39 is 17.2 Å². The lowest BCUT2D eigenvalue weighted by atomic mass is 9.74. The van der Waals surface area contributed by atoms with Gasteiger partial charge in [0.1, 0.15) is 5.41 Å². The summed E-state index contributed by atoms with van der Waals surface area (Å²) in [6.07, 6.45) is 0.167. The van der Waals surface area contributed by atoms with Crippen molar-refractivity contribution < 1.29 is 9.59 Å². The number of benzene rings is 8. The lowest BCUT2D eigenvalue weighted by Crippen LogP contribution is -2.50. The Morgan fingerprint density at radius 1 is 0.429 bits per heavy atom. The van der Waals surface area contributed by atoms with Gasteiger partial charge in [-0.05, 0) is 125 Å². The first-order valence-electron chi connectivity index (χ1n) is 16.6. The van der Waals surface area contributed by atoms with Crippen LogP contribution in [0.4, 0.5) is 0 Å². The van der Waals surface area contributed by atoms with E-state index in [0.29, 0.717) is 0 Å². The number of amides is 2. The van der Waals surface area contributed by atoms with E-state index in [1.807, 2.05) is 36.4 Å². The van der Waals surface area contributed by atoms with E-state index in [9.17, 15) is 9.59 Å². The van der Waals surface area contributed by atoms with Gasteiger partial charge in [0.25, 0.3) is 0 Å². The van der Waals surface area contributed by atoms with Crippen molar-refractivity contribution >= 4 is 54.9 Å². The molecule has 9 rings (SSSR count). The summed E-state index contributed by atoms with van der Waals surface area (Å²) in [7, 11) is 0. The minimum absolute atomic E-state index is 0.0835. The van der Waals surface area contributed by atoms with Gasteiger partial charge in [0.05, 0.1) is 0 Å². The molecule has 0 saturated carbocycles. The molecule has 1 aliphatic rings. The maximum atomic E-state index is 13.8.